The molecular formula is C22H33BrO3. The molecular weight excluding hydrogens is 392 g/mol. The maximum absolute atomic E-state index is 11.2. The molecule has 4 aliphatic rings. The van der Waals surface area contributed by atoms with Crippen LogP contribution in [0.5, 0.6) is 0 Å². The SMILES string of the molecule is CC(=O)OC[C@@H](Br)[C@@]1(C)CC=C2[C@H](C1)[C@@H](O)C[C@H]1[C@]3(C)C[C@@H]3CC[C@]21C. The van der Waals surface area contributed by atoms with Crippen LogP contribution in [-0.2, 0) is 9.53 Å². The van der Waals surface area contributed by atoms with Crippen molar-refractivity contribution in [3.63, 3.8) is 0 Å². The summed E-state index contributed by atoms with van der Waals surface area (Å²) in [5, 5.41) is 11.1. The molecule has 0 radical (unpaired) electrons. The van der Waals surface area contributed by atoms with Gasteiger partial charge in [0.15, 0.2) is 0 Å². The highest BCUT2D eigenvalue weighted by atomic mass is 79.9. The molecule has 0 heterocycles. The molecule has 0 amide bonds. The third-order valence-corrected chi connectivity index (χ3v) is 10.1. The molecule has 4 rings (SSSR count). The summed E-state index contributed by atoms with van der Waals surface area (Å²) in [5.41, 5.74) is 2.28. The highest BCUT2D eigenvalue weighted by Gasteiger charge is 2.66. The second-order valence-corrected chi connectivity index (χ2v) is 11.4. The summed E-state index contributed by atoms with van der Waals surface area (Å²) in [5.74, 6) is 1.56. The van der Waals surface area contributed by atoms with Gasteiger partial charge < -0.3 is 9.84 Å². The van der Waals surface area contributed by atoms with Crippen LogP contribution in [0.3, 0.4) is 0 Å². The first-order valence-electron chi connectivity index (χ1n) is 10.3. The predicted octanol–water partition coefficient (Wildman–Crippen LogP) is 4.86. The van der Waals surface area contributed by atoms with Gasteiger partial charge in [-0.2, -0.15) is 0 Å². The second-order valence-electron chi connectivity index (χ2n) is 10.3. The zero-order valence-electron chi connectivity index (χ0n) is 16.6. The van der Waals surface area contributed by atoms with E-state index in [1.165, 1.54) is 31.8 Å². The topological polar surface area (TPSA) is 46.5 Å². The molecule has 4 heteroatoms. The molecule has 0 aromatic carbocycles. The van der Waals surface area contributed by atoms with E-state index < -0.39 is 0 Å². The molecule has 0 bridgehead atoms. The minimum atomic E-state index is -0.233. The first kappa shape index (κ1) is 19.0. The summed E-state index contributed by atoms with van der Waals surface area (Å²) < 4.78 is 5.25. The lowest BCUT2D eigenvalue weighted by Gasteiger charge is -2.57. The minimum absolute atomic E-state index is 0.00841. The van der Waals surface area contributed by atoms with Gasteiger partial charge in [-0.1, -0.05) is 48.4 Å². The van der Waals surface area contributed by atoms with Crippen LogP contribution in [0.4, 0.5) is 0 Å². The molecule has 1 N–H and O–H groups in total. The zero-order chi connectivity index (χ0) is 18.9. The van der Waals surface area contributed by atoms with Crippen molar-refractivity contribution in [1.82, 2.24) is 0 Å². The van der Waals surface area contributed by atoms with Crippen molar-refractivity contribution in [3.8, 4) is 0 Å². The van der Waals surface area contributed by atoms with Crippen LogP contribution in [0.1, 0.15) is 66.2 Å². The van der Waals surface area contributed by atoms with Gasteiger partial charge in [0, 0.05) is 12.8 Å². The number of alkyl halides is 1. The fourth-order valence-electron chi connectivity index (χ4n) is 6.82. The highest BCUT2D eigenvalue weighted by Crippen LogP contribution is 2.73. The van der Waals surface area contributed by atoms with Crippen LogP contribution in [-0.4, -0.2) is 28.6 Å². The van der Waals surface area contributed by atoms with Crippen molar-refractivity contribution in [1.29, 1.82) is 0 Å². The summed E-state index contributed by atoms with van der Waals surface area (Å²) in [7, 11) is 0. The second kappa shape index (κ2) is 6.07. The van der Waals surface area contributed by atoms with Gasteiger partial charge in [-0.3, -0.25) is 4.79 Å². The zero-order valence-corrected chi connectivity index (χ0v) is 18.1. The number of rotatable bonds is 3. The summed E-state index contributed by atoms with van der Waals surface area (Å²) in [4.78, 5) is 11.3. The van der Waals surface area contributed by atoms with Gasteiger partial charge in [0.25, 0.3) is 0 Å². The Labute approximate surface area is 166 Å². The Morgan fingerprint density at radius 2 is 2.12 bits per heavy atom. The van der Waals surface area contributed by atoms with Crippen molar-refractivity contribution in [2.24, 2.45) is 34.0 Å². The molecule has 3 saturated carbocycles. The van der Waals surface area contributed by atoms with Crippen molar-refractivity contribution in [2.75, 3.05) is 6.61 Å². The first-order chi connectivity index (χ1) is 12.1. The fourth-order valence-corrected chi connectivity index (χ4v) is 7.33. The smallest absolute Gasteiger partial charge is 0.302 e. The van der Waals surface area contributed by atoms with Crippen molar-refractivity contribution in [2.45, 2.75) is 77.2 Å². The monoisotopic (exact) mass is 424 g/mol. The molecule has 8 atom stereocenters. The Hall–Kier alpha value is -0.350. The lowest BCUT2D eigenvalue weighted by Crippen LogP contribution is -2.52. The van der Waals surface area contributed by atoms with Crippen LogP contribution in [0.15, 0.2) is 11.6 Å². The number of carbonyl (C=O) groups is 1. The van der Waals surface area contributed by atoms with Gasteiger partial charge in [-0.05, 0) is 66.6 Å². The summed E-state index contributed by atoms with van der Waals surface area (Å²) >= 11 is 3.78. The molecule has 4 aliphatic carbocycles. The molecule has 0 spiro atoms. The van der Waals surface area contributed by atoms with Gasteiger partial charge in [0.2, 0.25) is 0 Å². The molecule has 0 saturated heterocycles. The van der Waals surface area contributed by atoms with E-state index in [1.807, 2.05) is 0 Å². The lowest BCUT2D eigenvalue weighted by atomic mass is 9.48. The first-order valence-corrected chi connectivity index (χ1v) is 11.2. The Kier molecular flexibility index (Phi) is 4.43. The van der Waals surface area contributed by atoms with Crippen molar-refractivity contribution >= 4 is 21.9 Å². The number of hydrogen-bond donors (Lipinski definition) is 1. The van der Waals surface area contributed by atoms with Crippen molar-refractivity contribution < 1.29 is 14.6 Å². The van der Waals surface area contributed by atoms with Gasteiger partial charge >= 0.3 is 5.97 Å². The maximum Gasteiger partial charge on any atom is 0.302 e. The number of fused-ring (bicyclic) bond motifs is 5. The standard InChI is InChI=1S/C22H33BrO3/c1-13(24)26-12-19(23)20(2)7-6-16-15(11-20)17(25)9-18-21(16,3)8-5-14-10-22(14,18)4/h6,14-15,17-19,25H,5,7-12H2,1-4H3/t14-,15-,17-,18+,19+,20-,21+,22+/m0/s1. The van der Waals surface area contributed by atoms with E-state index in [1.54, 1.807) is 0 Å². The highest BCUT2D eigenvalue weighted by molar-refractivity contribution is 9.09. The summed E-state index contributed by atoms with van der Waals surface area (Å²) in [6.45, 7) is 9.08. The van der Waals surface area contributed by atoms with Crippen molar-refractivity contribution in [3.05, 3.63) is 11.6 Å². The quantitative estimate of drug-likeness (QED) is 0.399. The van der Waals surface area contributed by atoms with Gasteiger partial charge in [-0.15, -0.1) is 0 Å². The van der Waals surface area contributed by atoms with E-state index in [2.05, 4.69) is 42.8 Å². The Bertz CT molecular complexity index is 645. The lowest BCUT2D eigenvalue weighted by molar-refractivity contribution is -0.141. The fraction of sp³-hybridized carbons (Fsp3) is 0.864. The average Bonchev–Trinajstić information content (AvgIpc) is 3.26. The summed E-state index contributed by atoms with van der Waals surface area (Å²) in [6.07, 6.45) is 9.15. The molecule has 26 heavy (non-hydrogen) atoms. The van der Waals surface area contributed by atoms with E-state index in [4.69, 9.17) is 4.74 Å². The molecule has 0 unspecified atom stereocenters. The number of carbonyl (C=O) groups excluding carboxylic acids is 1. The third kappa shape index (κ3) is 2.73. The van der Waals surface area contributed by atoms with E-state index >= 15 is 0 Å². The van der Waals surface area contributed by atoms with Crippen LogP contribution in [0, 0.1) is 34.0 Å². The van der Waals surface area contributed by atoms with Gasteiger partial charge in [0.1, 0.15) is 6.61 Å². The largest absolute Gasteiger partial charge is 0.465 e. The molecule has 3 fully saturated rings. The molecule has 146 valence electrons. The maximum atomic E-state index is 11.2. The number of hydrogen-bond acceptors (Lipinski definition) is 3. The molecule has 0 aromatic heterocycles. The number of halogens is 1. The van der Waals surface area contributed by atoms with E-state index in [9.17, 15) is 9.90 Å². The van der Waals surface area contributed by atoms with E-state index in [0.717, 1.165) is 25.2 Å². The minimum Gasteiger partial charge on any atom is -0.465 e. The Morgan fingerprint density at radius 1 is 1.38 bits per heavy atom. The molecule has 0 aromatic rings. The van der Waals surface area contributed by atoms with Gasteiger partial charge in [-0.25, -0.2) is 0 Å². The Balaban J connectivity index is 1.59. The summed E-state index contributed by atoms with van der Waals surface area (Å²) in [6, 6.07) is 0. The average molecular weight is 425 g/mol. The van der Waals surface area contributed by atoms with Crippen LogP contribution >= 0.6 is 15.9 Å². The number of esters is 1. The number of aliphatic hydroxyl groups is 1. The van der Waals surface area contributed by atoms with Gasteiger partial charge in [0.05, 0.1) is 10.9 Å². The van der Waals surface area contributed by atoms with E-state index in [0.29, 0.717) is 17.9 Å². The Morgan fingerprint density at radius 3 is 2.81 bits per heavy atom. The number of aliphatic hydroxyl groups excluding tert-OH is 1. The molecule has 3 nitrogen and oxygen atoms in total. The predicted molar refractivity (Wildman–Crippen MR) is 106 cm³/mol. The normalized spacial score (nSPS) is 50.6. The van der Waals surface area contributed by atoms with E-state index in [-0.39, 0.29) is 33.6 Å². The number of allylic oxidation sites excluding steroid dienone is 1. The number of ether oxygens (including phenoxy) is 1. The molecule has 0 aliphatic heterocycles. The van der Waals surface area contributed by atoms with Crippen LogP contribution in [0.25, 0.3) is 0 Å². The third-order valence-electron chi connectivity index (χ3n) is 8.70. The van der Waals surface area contributed by atoms with Crippen LogP contribution in [0.2, 0.25) is 0 Å². The van der Waals surface area contributed by atoms with Crippen LogP contribution < -0.4 is 0 Å².